The van der Waals surface area contributed by atoms with E-state index in [4.69, 9.17) is 0 Å². The average Bonchev–Trinajstić information content (AvgIpc) is 3.26. The summed E-state index contributed by atoms with van der Waals surface area (Å²) in [5.41, 5.74) is 4.00. The Morgan fingerprint density at radius 1 is 0.943 bits per heavy atom. The highest BCUT2D eigenvalue weighted by Gasteiger charge is 2.31. The van der Waals surface area contributed by atoms with Crippen LogP contribution in [0.1, 0.15) is 61.3 Å². The van der Waals surface area contributed by atoms with Crippen molar-refractivity contribution < 1.29 is 14.4 Å². The normalized spacial score (nSPS) is 15.5. The summed E-state index contributed by atoms with van der Waals surface area (Å²) >= 11 is 1.54. The molecule has 2 aliphatic rings. The number of carbonyl (C=O) groups is 3. The first-order valence-electron chi connectivity index (χ1n) is 12.0. The average molecular weight is 489 g/mol. The van der Waals surface area contributed by atoms with E-state index in [9.17, 15) is 14.4 Å². The van der Waals surface area contributed by atoms with Crippen molar-refractivity contribution in [3.63, 3.8) is 0 Å². The Kier molecular flexibility index (Phi) is 6.63. The number of aromatic nitrogens is 1. The van der Waals surface area contributed by atoms with Crippen LogP contribution in [0.5, 0.6) is 0 Å². The molecule has 1 fully saturated rings. The predicted molar refractivity (Wildman–Crippen MR) is 138 cm³/mol. The summed E-state index contributed by atoms with van der Waals surface area (Å²) < 4.78 is 0. The SMILES string of the molecule is CC(=O)c1ccc(N2CCN(C(=O)c3c(NC(=O)c4cccnc4)sc4c3CCCC4)CC2)cc1. The van der Waals surface area contributed by atoms with Crippen LogP contribution in [0.25, 0.3) is 0 Å². The monoisotopic (exact) mass is 488 g/mol. The van der Waals surface area contributed by atoms with Crippen LogP contribution in [-0.4, -0.2) is 53.7 Å². The molecule has 1 aliphatic carbocycles. The van der Waals surface area contributed by atoms with Crippen LogP contribution in [0.2, 0.25) is 0 Å². The molecule has 1 aromatic carbocycles. The maximum atomic E-state index is 13.7. The van der Waals surface area contributed by atoms with Crippen LogP contribution in [0.3, 0.4) is 0 Å². The number of benzene rings is 1. The molecular formula is C27H28N4O3S. The number of nitrogens with one attached hydrogen (secondary N) is 1. The summed E-state index contributed by atoms with van der Waals surface area (Å²) in [6.45, 7) is 4.21. The number of ketones is 1. The largest absolute Gasteiger partial charge is 0.368 e. The molecule has 1 saturated heterocycles. The van der Waals surface area contributed by atoms with Crippen LogP contribution in [-0.2, 0) is 12.8 Å². The Morgan fingerprint density at radius 2 is 1.69 bits per heavy atom. The van der Waals surface area contributed by atoms with Gasteiger partial charge in [-0.25, -0.2) is 0 Å². The van der Waals surface area contributed by atoms with E-state index in [1.807, 2.05) is 29.2 Å². The van der Waals surface area contributed by atoms with E-state index < -0.39 is 0 Å². The number of nitrogens with zero attached hydrogens (tertiary/aromatic N) is 3. The third kappa shape index (κ3) is 4.84. The lowest BCUT2D eigenvalue weighted by Gasteiger charge is -2.36. The van der Waals surface area contributed by atoms with E-state index in [-0.39, 0.29) is 17.6 Å². The summed E-state index contributed by atoms with van der Waals surface area (Å²) in [5, 5.41) is 3.66. The molecule has 0 atom stereocenters. The smallest absolute Gasteiger partial charge is 0.257 e. The molecule has 3 aromatic rings. The van der Waals surface area contributed by atoms with E-state index in [0.717, 1.165) is 50.0 Å². The number of aryl methyl sites for hydroxylation is 1. The molecule has 180 valence electrons. The topological polar surface area (TPSA) is 82.6 Å². The molecule has 35 heavy (non-hydrogen) atoms. The van der Waals surface area contributed by atoms with Crippen LogP contribution < -0.4 is 10.2 Å². The van der Waals surface area contributed by atoms with Gasteiger partial charge in [0.15, 0.2) is 5.78 Å². The minimum Gasteiger partial charge on any atom is -0.368 e. The summed E-state index contributed by atoms with van der Waals surface area (Å²) in [5.74, 6) is -0.195. The lowest BCUT2D eigenvalue weighted by atomic mass is 9.95. The zero-order valence-electron chi connectivity index (χ0n) is 19.8. The number of carbonyl (C=O) groups excluding carboxylic acids is 3. The van der Waals surface area contributed by atoms with Gasteiger partial charge in [0.05, 0.1) is 11.1 Å². The molecule has 1 N–H and O–H groups in total. The van der Waals surface area contributed by atoms with Crippen LogP contribution in [0.15, 0.2) is 48.8 Å². The van der Waals surface area contributed by atoms with E-state index in [2.05, 4.69) is 15.2 Å². The summed E-state index contributed by atoms with van der Waals surface area (Å²) in [4.78, 5) is 47.5. The van der Waals surface area contributed by atoms with Crippen molar-refractivity contribution in [2.45, 2.75) is 32.6 Å². The number of hydrogen-bond donors (Lipinski definition) is 1. The van der Waals surface area contributed by atoms with Gasteiger partial charge in [-0.1, -0.05) is 0 Å². The maximum absolute atomic E-state index is 13.7. The second-order valence-corrected chi connectivity index (χ2v) is 10.1. The van der Waals surface area contributed by atoms with Crippen LogP contribution in [0, 0.1) is 0 Å². The minimum absolute atomic E-state index is 0.00235. The number of amides is 2. The van der Waals surface area contributed by atoms with E-state index in [1.54, 1.807) is 36.6 Å². The van der Waals surface area contributed by atoms with Crippen LogP contribution >= 0.6 is 11.3 Å². The fourth-order valence-electron chi connectivity index (χ4n) is 4.79. The van der Waals surface area contributed by atoms with Gasteiger partial charge in [0, 0.05) is 54.7 Å². The van der Waals surface area contributed by atoms with Gasteiger partial charge in [-0.05, 0) is 74.6 Å². The standard InChI is InChI=1S/C27H28N4O3S/c1-18(32)19-8-10-21(11-9-19)30-13-15-31(16-14-30)27(34)24-22-6-2-3-7-23(22)35-26(24)29-25(33)20-5-4-12-28-17-20/h4-5,8-12,17H,2-3,6-7,13-16H2,1H3,(H,29,33). The van der Waals surface area contributed by atoms with E-state index in [1.165, 1.54) is 11.1 Å². The Hall–Kier alpha value is -3.52. The van der Waals surface area contributed by atoms with Gasteiger partial charge in [0.2, 0.25) is 0 Å². The zero-order valence-corrected chi connectivity index (χ0v) is 20.6. The summed E-state index contributed by atoms with van der Waals surface area (Å²) in [6.07, 6.45) is 7.16. The molecule has 2 amide bonds. The molecule has 0 bridgehead atoms. The highest BCUT2D eigenvalue weighted by molar-refractivity contribution is 7.17. The third-order valence-electron chi connectivity index (χ3n) is 6.74. The molecule has 0 unspecified atom stereocenters. The summed E-state index contributed by atoms with van der Waals surface area (Å²) in [7, 11) is 0. The zero-order chi connectivity index (χ0) is 24.4. The van der Waals surface area contributed by atoms with Gasteiger partial charge >= 0.3 is 0 Å². The molecule has 7 nitrogen and oxygen atoms in total. The highest BCUT2D eigenvalue weighted by atomic mass is 32.1. The van der Waals surface area contributed by atoms with Crippen molar-refractivity contribution in [3.8, 4) is 0 Å². The molecule has 3 heterocycles. The van der Waals surface area contributed by atoms with Gasteiger partial charge in [-0.3, -0.25) is 19.4 Å². The Bertz CT molecular complexity index is 1250. The molecule has 0 spiro atoms. The lowest BCUT2D eigenvalue weighted by molar-refractivity contribution is 0.0746. The van der Waals surface area contributed by atoms with Crippen molar-refractivity contribution in [2.75, 3.05) is 36.4 Å². The van der Waals surface area contributed by atoms with Crippen LogP contribution in [0.4, 0.5) is 10.7 Å². The molecule has 0 radical (unpaired) electrons. The number of hydrogen-bond acceptors (Lipinski definition) is 6. The lowest BCUT2D eigenvalue weighted by Crippen LogP contribution is -2.49. The second-order valence-electron chi connectivity index (χ2n) is 8.99. The molecule has 5 rings (SSSR count). The van der Waals surface area contributed by atoms with Crippen molar-refractivity contribution in [2.24, 2.45) is 0 Å². The molecule has 2 aromatic heterocycles. The summed E-state index contributed by atoms with van der Waals surface area (Å²) in [6, 6.07) is 11.1. The van der Waals surface area contributed by atoms with Gasteiger partial charge in [-0.2, -0.15) is 0 Å². The van der Waals surface area contributed by atoms with Crippen molar-refractivity contribution in [1.29, 1.82) is 0 Å². The number of anilines is 2. The first-order chi connectivity index (χ1) is 17.0. The number of rotatable bonds is 5. The van der Waals surface area contributed by atoms with Crippen molar-refractivity contribution in [1.82, 2.24) is 9.88 Å². The molecular weight excluding hydrogens is 460 g/mol. The molecule has 8 heteroatoms. The number of piperazine rings is 1. The highest BCUT2D eigenvalue weighted by Crippen LogP contribution is 2.39. The molecule has 0 saturated carbocycles. The van der Waals surface area contributed by atoms with Crippen molar-refractivity contribution in [3.05, 3.63) is 75.9 Å². The fourth-order valence-corrected chi connectivity index (χ4v) is 6.06. The van der Waals surface area contributed by atoms with Gasteiger partial charge in [0.1, 0.15) is 5.00 Å². The molecule has 1 aliphatic heterocycles. The Labute approximate surface area is 208 Å². The van der Waals surface area contributed by atoms with Gasteiger partial charge < -0.3 is 15.1 Å². The first-order valence-corrected chi connectivity index (χ1v) is 12.8. The van der Waals surface area contributed by atoms with Crippen molar-refractivity contribution >= 4 is 39.6 Å². The third-order valence-corrected chi connectivity index (χ3v) is 7.95. The number of pyridine rings is 1. The van der Waals surface area contributed by atoms with Gasteiger partial charge in [-0.15, -0.1) is 11.3 Å². The number of thiophene rings is 1. The fraction of sp³-hybridized carbons (Fsp3) is 0.333. The Balaban J connectivity index is 1.33. The Morgan fingerprint density at radius 3 is 2.37 bits per heavy atom. The van der Waals surface area contributed by atoms with E-state index >= 15 is 0 Å². The number of fused-ring (bicyclic) bond motifs is 1. The quantitative estimate of drug-likeness (QED) is 0.537. The van der Waals surface area contributed by atoms with Gasteiger partial charge in [0.25, 0.3) is 11.8 Å². The first kappa shape index (κ1) is 23.2. The predicted octanol–water partition coefficient (Wildman–Crippen LogP) is 4.44. The second kappa shape index (κ2) is 10.00. The van der Waals surface area contributed by atoms with E-state index in [0.29, 0.717) is 34.8 Å². The minimum atomic E-state index is -0.246. The maximum Gasteiger partial charge on any atom is 0.257 e. The number of Topliss-reactive ketones (excluding diaryl/α,β-unsaturated/α-hetero) is 1.